The van der Waals surface area contributed by atoms with E-state index < -0.39 is 0 Å². The summed E-state index contributed by atoms with van der Waals surface area (Å²) in [7, 11) is 1.81. The first-order chi connectivity index (χ1) is 10.2. The second-order valence-corrected chi connectivity index (χ2v) is 4.37. The Hall–Kier alpha value is -1.66. The van der Waals surface area contributed by atoms with Crippen LogP contribution in [0.1, 0.15) is 24.3 Å². The van der Waals surface area contributed by atoms with E-state index in [1.165, 1.54) is 0 Å². The van der Waals surface area contributed by atoms with E-state index in [9.17, 15) is 4.79 Å². The maximum Gasteiger partial charge on any atom is 0.272 e. The molecule has 1 rings (SSSR count). The van der Waals surface area contributed by atoms with Crippen LogP contribution in [-0.2, 0) is 9.47 Å². The van der Waals surface area contributed by atoms with Crippen molar-refractivity contribution in [2.75, 3.05) is 51.9 Å². The molecule has 118 valence electrons. The molecule has 0 aromatic carbocycles. The average molecular weight is 295 g/mol. The molecule has 0 atom stereocenters. The smallest absolute Gasteiger partial charge is 0.272 e. The normalized spacial score (nSPS) is 10.4. The van der Waals surface area contributed by atoms with E-state index in [2.05, 4.69) is 10.3 Å². The maximum absolute atomic E-state index is 12.5. The molecule has 1 aromatic rings. The van der Waals surface area contributed by atoms with Crippen molar-refractivity contribution in [2.45, 2.75) is 13.8 Å². The summed E-state index contributed by atoms with van der Waals surface area (Å²) in [6.45, 7) is 7.26. The molecule has 1 heterocycles. The first-order valence-electron chi connectivity index (χ1n) is 7.31. The first kappa shape index (κ1) is 17.4. The van der Waals surface area contributed by atoms with E-state index in [1.54, 1.807) is 17.2 Å². The van der Waals surface area contributed by atoms with Gasteiger partial charge in [0.15, 0.2) is 0 Å². The predicted molar refractivity (Wildman–Crippen MR) is 82.7 cm³/mol. The van der Waals surface area contributed by atoms with Crippen molar-refractivity contribution >= 4 is 11.6 Å². The standard InChI is InChI=1S/C15H25N3O3/c1-4-20-10-8-18(9-11-21-5-2)15(19)14-7-6-13(16-3)12-17-14/h6-7,12,16H,4-5,8-11H2,1-3H3. The highest BCUT2D eigenvalue weighted by molar-refractivity contribution is 5.92. The molecular weight excluding hydrogens is 270 g/mol. The SMILES string of the molecule is CCOCCN(CCOCC)C(=O)c1ccc(NC)cn1. The summed E-state index contributed by atoms with van der Waals surface area (Å²) in [5.41, 5.74) is 1.31. The van der Waals surface area contributed by atoms with Crippen molar-refractivity contribution in [1.29, 1.82) is 0 Å². The zero-order valence-corrected chi connectivity index (χ0v) is 13.1. The number of carbonyl (C=O) groups excluding carboxylic acids is 1. The minimum Gasteiger partial charge on any atom is -0.387 e. The molecule has 6 heteroatoms. The van der Waals surface area contributed by atoms with E-state index in [-0.39, 0.29) is 5.91 Å². The van der Waals surface area contributed by atoms with Gasteiger partial charge in [-0.25, -0.2) is 4.98 Å². The van der Waals surface area contributed by atoms with Crippen LogP contribution in [0.25, 0.3) is 0 Å². The summed E-state index contributed by atoms with van der Waals surface area (Å²) in [5.74, 6) is -0.0999. The molecule has 1 aromatic heterocycles. The molecule has 21 heavy (non-hydrogen) atoms. The third kappa shape index (κ3) is 6.10. The van der Waals surface area contributed by atoms with Crippen molar-refractivity contribution in [3.05, 3.63) is 24.0 Å². The Morgan fingerprint density at radius 2 is 1.81 bits per heavy atom. The highest BCUT2D eigenvalue weighted by atomic mass is 16.5. The lowest BCUT2D eigenvalue weighted by Crippen LogP contribution is -2.37. The van der Waals surface area contributed by atoms with Crippen LogP contribution in [0.2, 0.25) is 0 Å². The van der Waals surface area contributed by atoms with Crippen molar-refractivity contribution in [2.24, 2.45) is 0 Å². The fourth-order valence-electron chi connectivity index (χ4n) is 1.78. The molecule has 0 spiro atoms. The molecule has 0 unspecified atom stereocenters. The summed E-state index contributed by atoms with van der Waals surface area (Å²) < 4.78 is 10.7. The Bertz CT molecular complexity index is 399. The lowest BCUT2D eigenvalue weighted by molar-refractivity contribution is 0.0545. The number of nitrogens with one attached hydrogen (secondary N) is 1. The second kappa shape index (κ2) is 10.1. The van der Waals surface area contributed by atoms with Crippen LogP contribution in [0.4, 0.5) is 5.69 Å². The van der Waals surface area contributed by atoms with Gasteiger partial charge >= 0.3 is 0 Å². The number of aromatic nitrogens is 1. The summed E-state index contributed by atoms with van der Waals surface area (Å²) in [6.07, 6.45) is 1.65. The number of hydrogen-bond donors (Lipinski definition) is 1. The minimum absolute atomic E-state index is 0.0999. The Labute approximate surface area is 126 Å². The van der Waals surface area contributed by atoms with Gasteiger partial charge in [0.1, 0.15) is 5.69 Å². The van der Waals surface area contributed by atoms with Gasteiger partial charge in [0.2, 0.25) is 0 Å². The van der Waals surface area contributed by atoms with Crippen LogP contribution in [0, 0.1) is 0 Å². The van der Waals surface area contributed by atoms with E-state index in [0.717, 1.165) is 5.69 Å². The van der Waals surface area contributed by atoms with Crippen molar-refractivity contribution in [3.63, 3.8) is 0 Å². The highest BCUT2D eigenvalue weighted by Gasteiger charge is 2.16. The van der Waals surface area contributed by atoms with Gasteiger partial charge in [0.25, 0.3) is 5.91 Å². The van der Waals surface area contributed by atoms with Gasteiger partial charge in [-0.3, -0.25) is 4.79 Å². The molecule has 0 aliphatic carbocycles. The quantitative estimate of drug-likeness (QED) is 0.665. The molecule has 0 aliphatic heterocycles. The van der Waals surface area contributed by atoms with Crippen LogP contribution in [-0.4, -0.2) is 62.4 Å². The fourth-order valence-corrected chi connectivity index (χ4v) is 1.78. The van der Waals surface area contributed by atoms with E-state index in [4.69, 9.17) is 9.47 Å². The van der Waals surface area contributed by atoms with Gasteiger partial charge in [-0.05, 0) is 26.0 Å². The Balaban J connectivity index is 2.66. The van der Waals surface area contributed by atoms with Crippen LogP contribution in [0.5, 0.6) is 0 Å². The molecule has 1 N–H and O–H groups in total. The van der Waals surface area contributed by atoms with Gasteiger partial charge in [-0.1, -0.05) is 0 Å². The lowest BCUT2D eigenvalue weighted by atomic mass is 10.3. The molecular formula is C15H25N3O3. The van der Waals surface area contributed by atoms with Crippen molar-refractivity contribution in [3.8, 4) is 0 Å². The van der Waals surface area contributed by atoms with E-state index in [1.807, 2.05) is 27.0 Å². The number of hydrogen-bond acceptors (Lipinski definition) is 5. The monoisotopic (exact) mass is 295 g/mol. The van der Waals surface area contributed by atoms with E-state index >= 15 is 0 Å². The Morgan fingerprint density at radius 3 is 2.24 bits per heavy atom. The zero-order chi connectivity index (χ0) is 15.5. The molecule has 0 saturated heterocycles. The van der Waals surface area contributed by atoms with Crippen LogP contribution < -0.4 is 5.32 Å². The summed E-state index contributed by atoms with van der Waals surface area (Å²) in [6, 6.07) is 3.56. The molecule has 0 radical (unpaired) electrons. The average Bonchev–Trinajstić information content (AvgIpc) is 2.53. The van der Waals surface area contributed by atoms with Gasteiger partial charge in [-0.2, -0.15) is 0 Å². The van der Waals surface area contributed by atoms with Crippen LogP contribution in [0.3, 0.4) is 0 Å². The third-order valence-corrected chi connectivity index (χ3v) is 2.98. The van der Waals surface area contributed by atoms with Crippen molar-refractivity contribution < 1.29 is 14.3 Å². The van der Waals surface area contributed by atoms with Crippen molar-refractivity contribution in [1.82, 2.24) is 9.88 Å². The minimum atomic E-state index is -0.0999. The van der Waals surface area contributed by atoms with Crippen LogP contribution in [0.15, 0.2) is 18.3 Å². The van der Waals surface area contributed by atoms with Gasteiger partial charge in [0, 0.05) is 33.4 Å². The lowest BCUT2D eigenvalue weighted by Gasteiger charge is -2.22. The number of nitrogens with zero attached hydrogens (tertiary/aromatic N) is 2. The predicted octanol–water partition coefficient (Wildman–Crippen LogP) is 1.64. The largest absolute Gasteiger partial charge is 0.387 e. The first-order valence-corrected chi connectivity index (χ1v) is 7.31. The fraction of sp³-hybridized carbons (Fsp3) is 0.600. The number of rotatable bonds is 10. The van der Waals surface area contributed by atoms with E-state index in [0.29, 0.717) is 45.2 Å². The van der Waals surface area contributed by atoms with Gasteiger partial charge in [-0.15, -0.1) is 0 Å². The molecule has 0 fully saturated rings. The molecule has 1 amide bonds. The summed E-state index contributed by atoms with van der Waals surface area (Å²) >= 11 is 0. The highest BCUT2D eigenvalue weighted by Crippen LogP contribution is 2.07. The molecule has 6 nitrogen and oxygen atoms in total. The number of pyridine rings is 1. The molecule has 0 bridgehead atoms. The molecule has 0 saturated carbocycles. The topological polar surface area (TPSA) is 63.7 Å². The number of anilines is 1. The second-order valence-electron chi connectivity index (χ2n) is 4.37. The zero-order valence-electron chi connectivity index (χ0n) is 13.1. The molecule has 0 aliphatic rings. The summed E-state index contributed by atoms with van der Waals surface area (Å²) in [5, 5.41) is 2.98. The summed E-state index contributed by atoms with van der Waals surface area (Å²) in [4.78, 5) is 18.4. The number of ether oxygens (including phenoxy) is 2. The Morgan fingerprint density at radius 1 is 1.19 bits per heavy atom. The van der Waals surface area contributed by atoms with Gasteiger partial charge < -0.3 is 19.7 Å². The van der Waals surface area contributed by atoms with Gasteiger partial charge in [0.05, 0.1) is 25.1 Å². The maximum atomic E-state index is 12.5. The number of carbonyl (C=O) groups is 1. The third-order valence-electron chi connectivity index (χ3n) is 2.98. The van der Waals surface area contributed by atoms with Crippen LogP contribution >= 0.6 is 0 Å². The Kier molecular flexibility index (Phi) is 8.38. The number of amides is 1.